The largest absolute Gasteiger partial charge is 0.497 e. The second-order valence-corrected chi connectivity index (χ2v) is 7.46. The molecule has 166 valence electrons. The van der Waals surface area contributed by atoms with E-state index >= 15 is 0 Å². The van der Waals surface area contributed by atoms with Crippen LogP contribution in [0.15, 0.2) is 54.6 Å². The summed E-state index contributed by atoms with van der Waals surface area (Å²) < 4.78 is 30.3. The van der Waals surface area contributed by atoms with Crippen LogP contribution in [0.1, 0.15) is 17.0 Å². The zero-order valence-electron chi connectivity index (χ0n) is 17.9. The van der Waals surface area contributed by atoms with E-state index in [-0.39, 0.29) is 23.2 Å². The first-order valence-corrected chi connectivity index (χ1v) is 10.3. The third kappa shape index (κ3) is 4.76. The van der Waals surface area contributed by atoms with Gasteiger partial charge < -0.3 is 19.2 Å². The van der Waals surface area contributed by atoms with E-state index in [0.717, 1.165) is 5.52 Å². The van der Waals surface area contributed by atoms with Gasteiger partial charge in [-0.15, -0.1) is 0 Å². The van der Waals surface area contributed by atoms with Gasteiger partial charge in [-0.2, -0.15) is 5.26 Å². The highest BCUT2D eigenvalue weighted by molar-refractivity contribution is 6.32. The Labute approximate surface area is 194 Å². The molecule has 6 nitrogen and oxygen atoms in total. The van der Waals surface area contributed by atoms with Crippen LogP contribution in [0.3, 0.4) is 0 Å². The van der Waals surface area contributed by atoms with Gasteiger partial charge in [-0.1, -0.05) is 29.8 Å². The number of ether oxygens (including phenoxy) is 3. The van der Waals surface area contributed by atoms with Crippen LogP contribution in [0.2, 0.25) is 5.02 Å². The smallest absolute Gasteiger partial charge is 0.180 e. The van der Waals surface area contributed by atoms with E-state index in [0.29, 0.717) is 39.5 Å². The minimum absolute atomic E-state index is 0.0101. The van der Waals surface area contributed by atoms with Gasteiger partial charge >= 0.3 is 0 Å². The molecule has 4 rings (SSSR count). The van der Waals surface area contributed by atoms with Gasteiger partial charge in [0, 0.05) is 11.6 Å². The second kappa shape index (κ2) is 9.63. The third-order valence-electron chi connectivity index (χ3n) is 4.96. The van der Waals surface area contributed by atoms with E-state index < -0.39 is 0 Å². The number of methoxy groups -OCH3 is 2. The summed E-state index contributed by atoms with van der Waals surface area (Å²) in [7, 11) is 3.06. The topological polar surface area (TPSA) is 80.2 Å². The van der Waals surface area contributed by atoms with E-state index in [1.54, 1.807) is 49.6 Å². The van der Waals surface area contributed by atoms with Gasteiger partial charge in [-0.25, -0.2) is 9.37 Å². The van der Waals surface area contributed by atoms with Gasteiger partial charge in [-0.05, 0) is 42.0 Å². The molecule has 0 radical (unpaired) electrons. The van der Waals surface area contributed by atoms with Gasteiger partial charge in [0.05, 0.1) is 35.8 Å². The number of allylic oxidation sites excluding steroid dienone is 1. The first-order chi connectivity index (χ1) is 16.0. The van der Waals surface area contributed by atoms with Crippen LogP contribution < -0.4 is 14.2 Å². The molecule has 1 aromatic heterocycles. The SMILES string of the molecule is COc1ccc2nc(C(C#N)=Cc3cc(Cl)c(OCc4ccccc4F)c(OC)c3)[nH]c2c1. The number of aromatic amines is 1. The van der Waals surface area contributed by atoms with E-state index in [4.69, 9.17) is 25.8 Å². The molecule has 0 spiro atoms. The predicted molar refractivity (Wildman–Crippen MR) is 125 cm³/mol. The number of fused-ring (bicyclic) bond motifs is 1. The number of hydrogen-bond acceptors (Lipinski definition) is 5. The molecule has 4 aromatic rings. The molecule has 0 amide bonds. The Bertz CT molecular complexity index is 1390. The minimum Gasteiger partial charge on any atom is -0.497 e. The summed E-state index contributed by atoms with van der Waals surface area (Å²) in [5.41, 5.74) is 2.78. The highest BCUT2D eigenvalue weighted by Crippen LogP contribution is 2.38. The van der Waals surface area contributed by atoms with Gasteiger partial charge in [0.25, 0.3) is 0 Å². The maximum Gasteiger partial charge on any atom is 0.180 e. The Kier molecular flexibility index (Phi) is 6.48. The summed E-state index contributed by atoms with van der Waals surface area (Å²) in [4.78, 5) is 7.62. The van der Waals surface area contributed by atoms with Crippen LogP contribution >= 0.6 is 11.6 Å². The number of hydrogen-bond donors (Lipinski definition) is 1. The van der Waals surface area contributed by atoms with E-state index in [2.05, 4.69) is 16.0 Å². The molecule has 8 heteroatoms. The lowest BCUT2D eigenvalue weighted by atomic mass is 10.1. The number of nitriles is 1. The molecule has 0 bridgehead atoms. The fourth-order valence-corrected chi connectivity index (χ4v) is 3.57. The predicted octanol–water partition coefficient (Wildman–Crippen LogP) is 6.02. The number of imidazole rings is 1. The number of nitrogens with zero attached hydrogens (tertiary/aromatic N) is 2. The summed E-state index contributed by atoms with van der Waals surface area (Å²) in [5.74, 6) is 1.37. The van der Waals surface area contributed by atoms with Crippen LogP contribution in [0, 0.1) is 17.1 Å². The van der Waals surface area contributed by atoms with Gasteiger partial charge in [0.15, 0.2) is 11.5 Å². The van der Waals surface area contributed by atoms with Crippen LogP contribution in [-0.2, 0) is 6.61 Å². The standard InChI is InChI=1S/C25H19ClFN3O3/c1-31-18-7-8-21-22(12-18)30-25(29-21)17(13-28)9-15-10-19(26)24(23(11-15)32-2)33-14-16-5-3-4-6-20(16)27/h3-12H,14H2,1-2H3,(H,29,30). The highest BCUT2D eigenvalue weighted by Gasteiger charge is 2.15. The van der Waals surface area contributed by atoms with Crippen molar-refractivity contribution in [3.05, 3.63) is 82.4 Å². The maximum atomic E-state index is 13.9. The molecule has 1 heterocycles. The highest BCUT2D eigenvalue weighted by atomic mass is 35.5. The Balaban J connectivity index is 1.65. The van der Waals surface area contributed by atoms with E-state index in [1.165, 1.54) is 13.2 Å². The van der Waals surface area contributed by atoms with Crippen LogP contribution in [0.25, 0.3) is 22.7 Å². The quantitative estimate of drug-likeness (QED) is 0.339. The fraction of sp³-hybridized carbons (Fsp3) is 0.120. The number of benzene rings is 3. The average molecular weight is 464 g/mol. The van der Waals surface area contributed by atoms with Crippen molar-refractivity contribution in [2.24, 2.45) is 0 Å². The summed E-state index contributed by atoms with van der Waals surface area (Å²) in [5, 5.41) is 9.99. The maximum absolute atomic E-state index is 13.9. The molecule has 0 saturated carbocycles. The van der Waals surface area contributed by atoms with E-state index in [9.17, 15) is 9.65 Å². The molecule has 0 fully saturated rings. The number of nitrogens with one attached hydrogen (secondary N) is 1. The third-order valence-corrected chi connectivity index (χ3v) is 5.24. The Morgan fingerprint density at radius 1 is 1.15 bits per heavy atom. The molecule has 33 heavy (non-hydrogen) atoms. The molecule has 0 atom stereocenters. The summed E-state index contributed by atoms with van der Waals surface area (Å²) in [6.07, 6.45) is 1.64. The molecule has 0 aliphatic heterocycles. The monoisotopic (exact) mass is 463 g/mol. The minimum atomic E-state index is -0.366. The van der Waals surface area contributed by atoms with Crippen LogP contribution in [0.5, 0.6) is 17.2 Å². The zero-order chi connectivity index (χ0) is 23.4. The lowest BCUT2D eigenvalue weighted by Gasteiger charge is -2.14. The van der Waals surface area contributed by atoms with Crippen molar-refractivity contribution in [2.45, 2.75) is 6.61 Å². The van der Waals surface area contributed by atoms with Crippen molar-refractivity contribution in [1.82, 2.24) is 9.97 Å². The number of halogens is 2. The number of H-pyrrole nitrogens is 1. The normalized spacial score (nSPS) is 11.3. The molecule has 0 unspecified atom stereocenters. The Morgan fingerprint density at radius 3 is 2.70 bits per heavy atom. The van der Waals surface area contributed by atoms with Gasteiger partial charge in [-0.3, -0.25) is 0 Å². The van der Waals surface area contributed by atoms with Crippen LogP contribution in [0.4, 0.5) is 4.39 Å². The first kappa shape index (κ1) is 22.2. The Morgan fingerprint density at radius 2 is 1.97 bits per heavy atom. The number of rotatable bonds is 7. The van der Waals surface area contributed by atoms with Gasteiger partial charge in [0.1, 0.15) is 30.1 Å². The summed E-state index contributed by atoms with van der Waals surface area (Å²) >= 11 is 6.44. The fourth-order valence-electron chi connectivity index (χ4n) is 3.29. The molecule has 1 N–H and O–H groups in total. The van der Waals surface area contributed by atoms with Crippen LogP contribution in [-0.4, -0.2) is 24.2 Å². The zero-order valence-corrected chi connectivity index (χ0v) is 18.6. The Hall–Kier alpha value is -4.02. The molecular formula is C25H19ClFN3O3. The van der Waals surface area contributed by atoms with Gasteiger partial charge in [0.2, 0.25) is 0 Å². The van der Waals surface area contributed by atoms with Crippen molar-refractivity contribution in [1.29, 1.82) is 5.26 Å². The van der Waals surface area contributed by atoms with Crippen molar-refractivity contribution >= 4 is 34.3 Å². The molecule has 3 aromatic carbocycles. The summed E-state index contributed by atoms with van der Waals surface area (Å²) in [6, 6.07) is 17.2. The molecule has 0 aliphatic carbocycles. The summed E-state index contributed by atoms with van der Waals surface area (Å²) in [6.45, 7) is -0.0101. The van der Waals surface area contributed by atoms with Crippen molar-refractivity contribution in [3.8, 4) is 23.3 Å². The molecule has 0 aliphatic rings. The van der Waals surface area contributed by atoms with Crippen molar-refractivity contribution in [2.75, 3.05) is 14.2 Å². The van der Waals surface area contributed by atoms with E-state index in [1.807, 2.05) is 12.1 Å². The van der Waals surface area contributed by atoms with Crippen molar-refractivity contribution in [3.63, 3.8) is 0 Å². The second-order valence-electron chi connectivity index (χ2n) is 7.05. The molecular weight excluding hydrogens is 445 g/mol. The number of aromatic nitrogens is 2. The molecule has 0 saturated heterocycles. The first-order valence-electron chi connectivity index (χ1n) is 9.92. The lowest BCUT2D eigenvalue weighted by Crippen LogP contribution is -2.01. The lowest BCUT2D eigenvalue weighted by molar-refractivity contribution is 0.280. The van der Waals surface area contributed by atoms with Crippen molar-refractivity contribution < 1.29 is 18.6 Å². The average Bonchev–Trinajstić information content (AvgIpc) is 3.25.